The van der Waals surface area contributed by atoms with Gasteiger partial charge in [-0.3, -0.25) is 4.90 Å². The van der Waals surface area contributed by atoms with Crippen LogP contribution in [0.1, 0.15) is 13.8 Å². The molecule has 0 bridgehead atoms. The molecule has 4 heteroatoms. The zero-order valence-electron chi connectivity index (χ0n) is 11.0. The van der Waals surface area contributed by atoms with Crippen molar-refractivity contribution < 1.29 is 14.6 Å². The zero-order chi connectivity index (χ0) is 13.0. The average Bonchev–Trinajstić information content (AvgIpc) is 2.37. The summed E-state index contributed by atoms with van der Waals surface area (Å²) in [4.78, 5) is 2.39. The summed E-state index contributed by atoms with van der Waals surface area (Å²) >= 11 is 0. The van der Waals surface area contributed by atoms with Gasteiger partial charge in [0, 0.05) is 25.2 Å². The van der Waals surface area contributed by atoms with Crippen LogP contribution in [0.15, 0.2) is 24.3 Å². The number of aromatic hydroxyl groups is 1. The normalized spacial score (nSPS) is 21.2. The predicted octanol–water partition coefficient (Wildman–Crippen LogP) is 1.88. The Balaban J connectivity index is 1.83. The van der Waals surface area contributed by atoms with Crippen molar-refractivity contribution in [3.05, 3.63) is 24.3 Å². The quantitative estimate of drug-likeness (QED) is 0.887. The Morgan fingerprint density at radius 1 is 1.50 bits per heavy atom. The summed E-state index contributed by atoms with van der Waals surface area (Å²) in [6.45, 7) is 7.55. The van der Waals surface area contributed by atoms with E-state index in [0.717, 1.165) is 19.7 Å². The van der Waals surface area contributed by atoms with Crippen LogP contribution in [-0.2, 0) is 4.74 Å². The molecule has 1 aromatic carbocycles. The molecule has 1 atom stereocenters. The lowest BCUT2D eigenvalue weighted by molar-refractivity contribution is -0.0564. The van der Waals surface area contributed by atoms with Gasteiger partial charge < -0.3 is 14.6 Å². The number of hydrogen-bond donors (Lipinski definition) is 1. The Morgan fingerprint density at radius 3 is 3.06 bits per heavy atom. The largest absolute Gasteiger partial charge is 0.508 e. The molecule has 4 nitrogen and oxygen atoms in total. The van der Waals surface area contributed by atoms with E-state index in [9.17, 15) is 5.11 Å². The van der Waals surface area contributed by atoms with Crippen molar-refractivity contribution in [2.45, 2.75) is 26.0 Å². The fourth-order valence-electron chi connectivity index (χ4n) is 2.07. The number of rotatable bonds is 4. The van der Waals surface area contributed by atoms with E-state index in [-0.39, 0.29) is 11.9 Å². The Hall–Kier alpha value is -1.26. The van der Waals surface area contributed by atoms with Crippen LogP contribution >= 0.6 is 0 Å². The molecule has 1 N–H and O–H groups in total. The highest BCUT2D eigenvalue weighted by Gasteiger charge is 2.22. The standard InChI is InChI=1S/C14H21NO3/c1-11(2)15-6-7-17-14(9-15)10-18-13-5-3-4-12(16)8-13/h3-5,8,11,14,16H,6-7,9-10H2,1-2H3. The van der Waals surface area contributed by atoms with Crippen molar-refractivity contribution >= 4 is 0 Å². The van der Waals surface area contributed by atoms with Gasteiger partial charge in [-0.15, -0.1) is 0 Å². The van der Waals surface area contributed by atoms with Gasteiger partial charge in [-0.1, -0.05) is 6.07 Å². The Labute approximate surface area is 108 Å². The Morgan fingerprint density at radius 2 is 2.33 bits per heavy atom. The lowest BCUT2D eigenvalue weighted by atomic mass is 10.2. The molecule has 1 heterocycles. The van der Waals surface area contributed by atoms with Crippen LogP contribution < -0.4 is 4.74 Å². The third-order valence-electron chi connectivity index (χ3n) is 3.15. The molecule has 1 saturated heterocycles. The van der Waals surface area contributed by atoms with Gasteiger partial charge in [-0.05, 0) is 26.0 Å². The molecule has 100 valence electrons. The minimum atomic E-state index is 0.100. The smallest absolute Gasteiger partial charge is 0.123 e. The van der Waals surface area contributed by atoms with E-state index in [1.165, 1.54) is 0 Å². The van der Waals surface area contributed by atoms with Crippen molar-refractivity contribution in [3.63, 3.8) is 0 Å². The maximum Gasteiger partial charge on any atom is 0.123 e. The highest BCUT2D eigenvalue weighted by Crippen LogP contribution is 2.18. The summed E-state index contributed by atoms with van der Waals surface area (Å²) in [7, 11) is 0. The second-order valence-electron chi connectivity index (χ2n) is 4.89. The maximum atomic E-state index is 9.35. The van der Waals surface area contributed by atoms with Gasteiger partial charge in [0.05, 0.1) is 6.61 Å². The zero-order valence-corrected chi connectivity index (χ0v) is 11.0. The number of phenols is 1. The van der Waals surface area contributed by atoms with E-state index >= 15 is 0 Å². The molecule has 1 fully saturated rings. The number of benzene rings is 1. The molecular formula is C14H21NO3. The highest BCUT2D eigenvalue weighted by atomic mass is 16.5. The summed E-state index contributed by atoms with van der Waals surface area (Å²) in [5, 5.41) is 9.35. The summed E-state index contributed by atoms with van der Waals surface area (Å²) in [5.41, 5.74) is 0. The molecule has 0 aliphatic carbocycles. The minimum Gasteiger partial charge on any atom is -0.508 e. The van der Waals surface area contributed by atoms with Crippen molar-refractivity contribution in [2.75, 3.05) is 26.3 Å². The summed E-state index contributed by atoms with van der Waals surface area (Å²) in [6.07, 6.45) is 0.100. The lowest BCUT2D eigenvalue weighted by Crippen LogP contribution is -2.47. The fraction of sp³-hybridized carbons (Fsp3) is 0.571. The minimum absolute atomic E-state index is 0.100. The van der Waals surface area contributed by atoms with E-state index in [1.807, 2.05) is 6.07 Å². The molecule has 0 radical (unpaired) electrons. The summed E-state index contributed by atoms with van der Waals surface area (Å²) in [5.74, 6) is 0.904. The van der Waals surface area contributed by atoms with Crippen LogP contribution in [0, 0.1) is 0 Å². The molecule has 0 saturated carbocycles. The first-order valence-electron chi connectivity index (χ1n) is 6.42. The van der Waals surface area contributed by atoms with Crippen LogP contribution in [0.5, 0.6) is 11.5 Å². The van der Waals surface area contributed by atoms with Crippen molar-refractivity contribution in [1.82, 2.24) is 4.90 Å². The first-order valence-corrected chi connectivity index (χ1v) is 6.42. The van der Waals surface area contributed by atoms with E-state index in [2.05, 4.69) is 18.7 Å². The fourth-order valence-corrected chi connectivity index (χ4v) is 2.07. The Bertz CT molecular complexity index is 381. The number of phenolic OH excluding ortho intramolecular Hbond substituents is 1. The highest BCUT2D eigenvalue weighted by molar-refractivity contribution is 5.31. The van der Waals surface area contributed by atoms with Crippen molar-refractivity contribution in [2.24, 2.45) is 0 Å². The summed E-state index contributed by atoms with van der Waals surface area (Å²) in [6, 6.07) is 7.39. The summed E-state index contributed by atoms with van der Waals surface area (Å²) < 4.78 is 11.3. The monoisotopic (exact) mass is 251 g/mol. The van der Waals surface area contributed by atoms with Gasteiger partial charge >= 0.3 is 0 Å². The van der Waals surface area contributed by atoms with Crippen LogP contribution in [0.25, 0.3) is 0 Å². The molecule has 2 rings (SSSR count). The van der Waals surface area contributed by atoms with Crippen LogP contribution in [-0.4, -0.2) is 48.5 Å². The lowest BCUT2D eigenvalue weighted by Gasteiger charge is -2.35. The Kier molecular flexibility index (Phi) is 4.44. The van der Waals surface area contributed by atoms with E-state index in [0.29, 0.717) is 18.4 Å². The molecule has 0 amide bonds. The molecule has 1 aromatic rings. The third kappa shape index (κ3) is 3.62. The molecule has 1 unspecified atom stereocenters. The first kappa shape index (κ1) is 13.2. The van der Waals surface area contributed by atoms with E-state index in [1.54, 1.807) is 18.2 Å². The third-order valence-corrected chi connectivity index (χ3v) is 3.15. The molecule has 0 spiro atoms. The van der Waals surface area contributed by atoms with Crippen molar-refractivity contribution in [1.29, 1.82) is 0 Å². The topological polar surface area (TPSA) is 41.9 Å². The first-order chi connectivity index (χ1) is 8.65. The van der Waals surface area contributed by atoms with Crippen LogP contribution in [0.4, 0.5) is 0 Å². The van der Waals surface area contributed by atoms with E-state index in [4.69, 9.17) is 9.47 Å². The molecule has 1 aliphatic rings. The van der Waals surface area contributed by atoms with Gasteiger partial charge in [-0.2, -0.15) is 0 Å². The molecule has 1 aliphatic heterocycles. The molecular weight excluding hydrogens is 230 g/mol. The SMILES string of the molecule is CC(C)N1CCOC(COc2cccc(O)c2)C1. The number of ether oxygens (including phenoxy) is 2. The second-order valence-corrected chi connectivity index (χ2v) is 4.89. The van der Waals surface area contributed by atoms with Gasteiger partial charge in [0.1, 0.15) is 24.2 Å². The van der Waals surface area contributed by atoms with Gasteiger partial charge in [0.25, 0.3) is 0 Å². The second kappa shape index (κ2) is 6.07. The molecule has 0 aromatic heterocycles. The van der Waals surface area contributed by atoms with Gasteiger partial charge in [-0.25, -0.2) is 0 Å². The molecule has 18 heavy (non-hydrogen) atoms. The van der Waals surface area contributed by atoms with Crippen molar-refractivity contribution in [3.8, 4) is 11.5 Å². The number of morpholine rings is 1. The van der Waals surface area contributed by atoms with Gasteiger partial charge in [0.15, 0.2) is 0 Å². The number of hydrogen-bond acceptors (Lipinski definition) is 4. The predicted molar refractivity (Wildman–Crippen MR) is 70.1 cm³/mol. The maximum absolute atomic E-state index is 9.35. The van der Waals surface area contributed by atoms with Gasteiger partial charge in [0.2, 0.25) is 0 Å². The van der Waals surface area contributed by atoms with Crippen LogP contribution in [0.3, 0.4) is 0 Å². The number of nitrogens with zero attached hydrogens (tertiary/aromatic N) is 1. The van der Waals surface area contributed by atoms with E-state index < -0.39 is 0 Å². The van der Waals surface area contributed by atoms with Crippen LogP contribution in [0.2, 0.25) is 0 Å². The average molecular weight is 251 g/mol.